The molecule has 0 aliphatic carbocycles. The summed E-state index contributed by atoms with van der Waals surface area (Å²) in [5.41, 5.74) is 2.41. The third-order valence-corrected chi connectivity index (χ3v) is 5.62. The predicted octanol–water partition coefficient (Wildman–Crippen LogP) is 3.71. The van der Waals surface area contributed by atoms with Crippen LogP contribution < -0.4 is 10.0 Å². The van der Waals surface area contributed by atoms with Gasteiger partial charge in [-0.3, -0.25) is 4.72 Å². The Morgan fingerprint density at radius 2 is 2.00 bits per heavy atom. The fourth-order valence-corrected chi connectivity index (χ4v) is 4.31. The van der Waals surface area contributed by atoms with Crippen LogP contribution in [-0.4, -0.2) is 15.0 Å². The number of fused-ring (bicyclic) bond motifs is 1. The zero-order valence-electron chi connectivity index (χ0n) is 10.9. The van der Waals surface area contributed by atoms with E-state index in [1.165, 1.54) is 0 Å². The number of sulfonamides is 1. The SMILES string of the molecule is O=S(=O)(Nc1ccc(I)cc1Cl)c1ccc2c(c1)CCN2. The summed E-state index contributed by atoms with van der Waals surface area (Å²) in [6, 6.07) is 10.3. The van der Waals surface area contributed by atoms with E-state index in [0.717, 1.165) is 27.8 Å². The molecule has 3 rings (SSSR count). The highest BCUT2D eigenvalue weighted by atomic mass is 127. The van der Waals surface area contributed by atoms with E-state index >= 15 is 0 Å². The summed E-state index contributed by atoms with van der Waals surface area (Å²) < 4.78 is 28.4. The van der Waals surface area contributed by atoms with Gasteiger partial charge in [0.1, 0.15) is 0 Å². The molecular formula is C14H12ClIN2O2S. The van der Waals surface area contributed by atoms with Crippen molar-refractivity contribution in [3.63, 3.8) is 0 Å². The van der Waals surface area contributed by atoms with Crippen LogP contribution in [0.1, 0.15) is 5.56 Å². The minimum atomic E-state index is -3.63. The Hall–Kier alpha value is -0.990. The summed E-state index contributed by atoms with van der Waals surface area (Å²) in [6.07, 6.45) is 0.836. The van der Waals surface area contributed by atoms with E-state index < -0.39 is 10.0 Å². The van der Waals surface area contributed by atoms with Crippen LogP contribution >= 0.6 is 34.2 Å². The molecule has 2 N–H and O–H groups in total. The molecule has 4 nitrogen and oxygen atoms in total. The Labute approximate surface area is 142 Å². The highest BCUT2D eigenvalue weighted by molar-refractivity contribution is 14.1. The lowest BCUT2D eigenvalue weighted by Crippen LogP contribution is -2.13. The normalized spacial score (nSPS) is 13.6. The van der Waals surface area contributed by atoms with Crippen molar-refractivity contribution in [2.24, 2.45) is 0 Å². The minimum absolute atomic E-state index is 0.250. The molecule has 2 aromatic carbocycles. The van der Waals surface area contributed by atoms with Crippen LogP contribution in [-0.2, 0) is 16.4 Å². The van der Waals surface area contributed by atoms with Gasteiger partial charge in [0.25, 0.3) is 10.0 Å². The second-order valence-corrected chi connectivity index (χ2v) is 8.06. The van der Waals surface area contributed by atoms with Gasteiger partial charge in [0.15, 0.2) is 0 Å². The topological polar surface area (TPSA) is 58.2 Å². The summed E-state index contributed by atoms with van der Waals surface area (Å²) >= 11 is 8.20. The molecular weight excluding hydrogens is 423 g/mol. The van der Waals surface area contributed by atoms with E-state index in [4.69, 9.17) is 11.6 Å². The Bertz CT molecular complexity index is 809. The summed E-state index contributed by atoms with van der Waals surface area (Å²) in [5.74, 6) is 0. The smallest absolute Gasteiger partial charge is 0.261 e. The van der Waals surface area contributed by atoms with Crippen LogP contribution in [0.3, 0.4) is 0 Å². The second kappa shape index (κ2) is 5.66. The number of benzene rings is 2. The number of halogens is 2. The fourth-order valence-electron chi connectivity index (χ4n) is 2.22. The molecule has 0 spiro atoms. The first-order valence-electron chi connectivity index (χ1n) is 6.30. The van der Waals surface area contributed by atoms with Gasteiger partial charge in [-0.25, -0.2) is 8.42 Å². The molecule has 21 heavy (non-hydrogen) atoms. The monoisotopic (exact) mass is 434 g/mol. The van der Waals surface area contributed by atoms with Gasteiger partial charge in [0.05, 0.1) is 15.6 Å². The van der Waals surface area contributed by atoms with Gasteiger partial charge < -0.3 is 5.32 Å². The number of rotatable bonds is 3. The van der Waals surface area contributed by atoms with Gasteiger partial charge >= 0.3 is 0 Å². The van der Waals surface area contributed by atoms with Crippen LogP contribution in [0.15, 0.2) is 41.3 Å². The Morgan fingerprint density at radius 1 is 1.19 bits per heavy atom. The molecule has 0 saturated heterocycles. The van der Waals surface area contributed by atoms with Gasteiger partial charge in [-0.2, -0.15) is 0 Å². The molecule has 0 bridgehead atoms. The van der Waals surface area contributed by atoms with E-state index in [2.05, 4.69) is 32.6 Å². The zero-order valence-corrected chi connectivity index (χ0v) is 14.6. The average molecular weight is 435 g/mol. The van der Waals surface area contributed by atoms with Crippen LogP contribution in [0.2, 0.25) is 5.02 Å². The Kier molecular flexibility index (Phi) is 4.02. The van der Waals surface area contributed by atoms with Crippen LogP contribution in [0.4, 0.5) is 11.4 Å². The molecule has 7 heteroatoms. The quantitative estimate of drug-likeness (QED) is 0.724. The molecule has 1 heterocycles. The maximum Gasteiger partial charge on any atom is 0.261 e. The van der Waals surface area contributed by atoms with Crippen molar-refractivity contribution < 1.29 is 8.42 Å². The molecule has 0 aromatic heterocycles. The van der Waals surface area contributed by atoms with Crippen LogP contribution in [0.5, 0.6) is 0 Å². The van der Waals surface area contributed by atoms with Gasteiger partial charge in [-0.05, 0) is 71.0 Å². The van der Waals surface area contributed by atoms with Crippen LogP contribution in [0, 0.1) is 3.57 Å². The predicted molar refractivity (Wildman–Crippen MR) is 93.6 cm³/mol. The van der Waals surface area contributed by atoms with E-state index in [-0.39, 0.29) is 4.90 Å². The van der Waals surface area contributed by atoms with E-state index in [9.17, 15) is 8.42 Å². The number of hydrogen-bond donors (Lipinski definition) is 2. The molecule has 1 aliphatic heterocycles. The average Bonchev–Trinajstić information content (AvgIpc) is 2.89. The standard InChI is InChI=1S/C14H12ClIN2O2S/c15-12-8-10(16)1-3-14(12)18-21(19,20)11-2-4-13-9(7-11)5-6-17-13/h1-4,7-8,17-18H,5-6H2. The van der Waals surface area contributed by atoms with Gasteiger partial charge in [0.2, 0.25) is 0 Å². The van der Waals surface area contributed by atoms with Crippen molar-refractivity contribution in [2.45, 2.75) is 11.3 Å². The number of hydrogen-bond acceptors (Lipinski definition) is 3. The van der Waals surface area contributed by atoms with Gasteiger partial charge in [-0.1, -0.05) is 11.6 Å². The zero-order chi connectivity index (χ0) is 15.0. The van der Waals surface area contributed by atoms with E-state index in [1.807, 2.05) is 0 Å². The molecule has 0 saturated carbocycles. The van der Waals surface area contributed by atoms with Crippen molar-refractivity contribution in [2.75, 3.05) is 16.6 Å². The Morgan fingerprint density at radius 3 is 2.76 bits per heavy atom. The molecule has 0 amide bonds. The van der Waals surface area contributed by atoms with Crippen molar-refractivity contribution in [1.82, 2.24) is 0 Å². The number of nitrogens with one attached hydrogen (secondary N) is 2. The van der Waals surface area contributed by atoms with Gasteiger partial charge in [0, 0.05) is 15.8 Å². The van der Waals surface area contributed by atoms with E-state index in [0.29, 0.717) is 10.7 Å². The summed E-state index contributed by atoms with van der Waals surface area (Å²) in [5, 5.41) is 3.59. The maximum atomic E-state index is 12.4. The first-order chi connectivity index (χ1) is 9.95. The van der Waals surface area contributed by atoms with Crippen molar-refractivity contribution in [1.29, 1.82) is 0 Å². The highest BCUT2D eigenvalue weighted by Crippen LogP contribution is 2.29. The Balaban J connectivity index is 1.93. The summed E-state index contributed by atoms with van der Waals surface area (Å²) in [6.45, 7) is 0.842. The lowest BCUT2D eigenvalue weighted by Gasteiger charge is -2.11. The fraction of sp³-hybridized carbons (Fsp3) is 0.143. The minimum Gasteiger partial charge on any atom is -0.384 e. The lowest BCUT2D eigenvalue weighted by molar-refractivity contribution is 0.601. The van der Waals surface area contributed by atoms with Crippen molar-refractivity contribution >= 4 is 55.6 Å². The molecule has 0 radical (unpaired) electrons. The second-order valence-electron chi connectivity index (χ2n) is 4.73. The molecule has 1 aliphatic rings. The van der Waals surface area contributed by atoms with Gasteiger partial charge in [-0.15, -0.1) is 0 Å². The van der Waals surface area contributed by atoms with Crippen molar-refractivity contribution in [3.05, 3.63) is 50.6 Å². The third kappa shape index (κ3) is 3.12. The molecule has 0 unspecified atom stereocenters. The maximum absolute atomic E-state index is 12.4. The van der Waals surface area contributed by atoms with Crippen molar-refractivity contribution in [3.8, 4) is 0 Å². The first kappa shape index (κ1) is 14.9. The molecule has 2 aromatic rings. The van der Waals surface area contributed by atoms with Crippen LogP contribution in [0.25, 0.3) is 0 Å². The third-order valence-electron chi connectivity index (χ3n) is 3.27. The lowest BCUT2D eigenvalue weighted by atomic mass is 10.2. The highest BCUT2D eigenvalue weighted by Gasteiger charge is 2.19. The first-order valence-corrected chi connectivity index (χ1v) is 9.24. The molecule has 110 valence electrons. The number of anilines is 2. The summed E-state index contributed by atoms with van der Waals surface area (Å²) in [4.78, 5) is 0.250. The van der Waals surface area contributed by atoms with E-state index in [1.54, 1.807) is 36.4 Å². The molecule has 0 fully saturated rings. The summed E-state index contributed by atoms with van der Waals surface area (Å²) in [7, 11) is -3.63. The molecule has 0 atom stereocenters. The largest absolute Gasteiger partial charge is 0.384 e.